The molecule has 0 spiro atoms. The number of hydrogen-bond donors (Lipinski definition) is 0. The molecule has 0 amide bonds. The van der Waals surface area contributed by atoms with E-state index in [0.717, 1.165) is 25.1 Å². The molecule has 4 aromatic rings. The number of aryl methyl sites for hydroxylation is 1. The van der Waals surface area contributed by atoms with Gasteiger partial charge in [-0.2, -0.15) is 0 Å². The van der Waals surface area contributed by atoms with Crippen molar-refractivity contribution in [3.8, 4) is 0 Å². The summed E-state index contributed by atoms with van der Waals surface area (Å²) < 4.78 is 2.21. The van der Waals surface area contributed by atoms with Crippen molar-refractivity contribution in [3.05, 3.63) is 126 Å². The van der Waals surface area contributed by atoms with Gasteiger partial charge in [-0.15, -0.1) is 0 Å². The number of benzene rings is 3. The zero-order valence-corrected chi connectivity index (χ0v) is 15.9. The maximum Gasteiger partial charge on any atom is 0.0953 e. The van der Waals surface area contributed by atoms with Crippen LogP contribution in [0.1, 0.15) is 28.8 Å². The van der Waals surface area contributed by atoms with Crippen LogP contribution in [0.15, 0.2) is 104 Å². The molecule has 3 aromatic carbocycles. The van der Waals surface area contributed by atoms with Crippen molar-refractivity contribution in [2.75, 3.05) is 0 Å². The Hall–Kier alpha value is -3.39. The fraction of sp³-hybridized carbons (Fsp3) is 0.115. The smallest absolute Gasteiger partial charge is 0.0953 e. The van der Waals surface area contributed by atoms with Crippen molar-refractivity contribution in [1.82, 2.24) is 9.55 Å². The molecule has 0 N–H and O–H groups in total. The van der Waals surface area contributed by atoms with Gasteiger partial charge in [0.05, 0.1) is 18.2 Å². The number of aromatic nitrogens is 2. The van der Waals surface area contributed by atoms with E-state index in [1.54, 1.807) is 0 Å². The summed E-state index contributed by atoms with van der Waals surface area (Å²) in [5, 5.41) is 0. The number of imidazole rings is 1. The predicted molar refractivity (Wildman–Crippen MR) is 117 cm³/mol. The lowest BCUT2D eigenvalue weighted by Crippen LogP contribution is -2.00. The minimum atomic E-state index is 0.827. The summed E-state index contributed by atoms with van der Waals surface area (Å²) in [7, 11) is 0. The second-order valence-electron chi connectivity index (χ2n) is 6.95. The Bertz CT molecular complexity index is 1020. The first-order valence-corrected chi connectivity index (χ1v) is 9.72. The Morgan fingerprint density at radius 2 is 1.36 bits per heavy atom. The van der Waals surface area contributed by atoms with Gasteiger partial charge in [-0.25, -0.2) is 4.98 Å². The van der Waals surface area contributed by atoms with Gasteiger partial charge in [0, 0.05) is 6.54 Å². The number of hydrogen-bond acceptors (Lipinski definition) is 1. The first kappa shape index (κ1) is 18.0. The third-order valence-corrected chi connectivity index (χ3v) is 4.93. The molecule has 28 heavy (non-hydrogen) atoms. The van der Waals surface area contributed by atoms with Crippen LogP contribution in [0, 0.1) is 0 Å². The minimum Gasteiger partial charge on any atom is -0.327 e. The van der Waals surface area contributed by atoms with Gasteiger partial charge in [0.2, 0.25) is 0 Å². The highest BCUT2D eigenvalue weighted by Crippen LogP contribution is 2.24. The second kappa shape index (κ2) is 9.01. The molecule has 0 atom stereocenters. The van der Waals surface area contributed by atoms with E-state index in [9.17, 15) is 0 Å². The van der Waals surface area contributed by atoms with Crippen molar-refractivity contribution in [2.45, 2.75) is 19.4 Å². The molecule has 1 heterocycles. The van der Waals surface area contributed by atoms with Gasteiger partial charge < -0.3 is 4.57 Å². The van der Waals surface area contributed by atoms with Crippen LogP contribution < -0.4 is 0 Å². The highest BCUT2D eigenvalue weighted by Gasteiger charge is 2.06. The lowest BCUT2D eigenvalue weighted by Gasteiger charge is -2.11. The van der Waals surface area contributed by atoms with Gasteiger partial charge in [0.15, 0.2) is 0 Å². The first-order chi connectivity index (χ1) is 13.9. The van der Waals surface area contributed by atoms with Gasteiger partial charge in [-0.05, 0) is 41.2 Å². The van der Waals surface area contributed by atoms with Crippen LogP contribution >= 0.6 is 0 Å². The maximum absolute atomic E-state index is 4.40. The van der Waals surface area contributed by atoms with E-state index in [0.29, 0.717) is 0 Å². The molecule has 1 aromatic heterocycles. The summed E-state index contributed by atoms with van der Waals surface area (Å²) in [5.41, 5.74) is 6.38. The Morgan fingerprint density at radius 1 is 0.750 bits per heavy atom. The van der Waals surface area contributed by atoms with Crippen molar-refractivity contribution < 1.29 is 0 Å². The zero-order valence-electron chi connectivity index (χ0n) is 15.9. The third-order valence-electron chi connectivity index (χ3n) is 4.93. The van der Waals surface area contributed by atoms with E-state index in [-0.39, 0.29) is 0 Å². The van der Waals surface area contributed by atoms with Crippen molar-refractivity contribution in [3.63, 3.8) is 0 Å². The van der Waals surface area contributed by atoms with E-state index >= 15 is 0 Å². The van der Waals surface area contributed by atoms with Gasteiger partial charge in [-0.1, -0.05) is 91.0 Å². The molecule has 0 aliphatic heterocycles. The molecule has 4 rings (SSSR count). The average molecular weight is 364 g/mol. The third kappa shape index (κ3) is 4.66. The molecule has 0 aliphatic carbocycles. The average Bonchev–Trinajstić information content (AvgIpc) is 3.19. The summed E-state index contributed by atoms with van der Waals surface area (Å²) >= 11 is 0. The van der Waals surface area contributed by atoms with Gasteiger partial charge in [-0.3, -0.25) is 0 Å². The molecule has 2 nitrogen and oxygen atoms in total. The zero-order chi connectivity index (χ0) is 19.0. The van der Waals surface area contributed by atoms with Crippen molar-refractivity contribution in [1.29, 1.82) is 0 Å². The largest absolute Gasteiger partial charge is 0.327 e. The Labute approximate surface area is 166 Å². The highest BCUT2D eigenvalue weighted by molar-refractivity contribution is 5.80. The summed E-state index contributed by atoms with van der Waals surface area (Å²) in [6.07, 6.45) is 8.17. The molecule has 2 heteroatoms. The maximum atomic E-state index is 4.40. The van der Waals surface area contributed by atoms with E-state index in [4.69, 9.17) is 0 Å². The molecule has 0 saturated heterocycles. The first-order valence-electron chi connectivity index (χ1n) is 9.72. The minimum absolute atomic E-state index is 0.827. The lowest BCUT2D eigenvalue weighted by molar-refractivity contribution is 0.789. The molecular formula is C26H24N2. The van der Waals surface area contributed by atoms with Crippen LogP contribution in [0.3, 0.4) is 0 Å². The Kier molecular flexibility index (Phi) is 5.79. The molecule has 0 bridgehead atoms. The van der Waals surface area contributed by atoms with E-state index < -0.39 is 0 Å². The number of rotatable bonds is 7. The summed E-state index contributed by atoms with van der Waals surface area (Å²) in [6.45, 7) is 0.827. The summed E-state index contributed by atoms with van der Waals surface area (Å²) in [6, 6.07) is 31.9. The van der Waals surface area contributed by atoms with Gasteiger partial charge in [0.25, 0.3) is 0 Å². The second-order valence-corrected chi connectivity index (χ2v) is 6.95. The van der Waals surface area contributed by atoms with Crippen LogP contribution in [0.2, 0.25) is 0 Å². The van der Waals surface area contributed by atoms with Crippen molar-refractivity contribution in [2.24, 2.45) is 0 Å². The molecule has 0 radical (unpaired) electrons. The summed E-state index contributed by atoms with van der Waals surface area (Å²) in [4.78, 5) is 4.40. The van der Waals surface area contributed by atoms with Gasteiger partial charge in [0.1, 0.15) is 0 Å². The van der Waals surface area contributed by atoms with Crippen molar-refractivity contribution >= 4 is 11.6 Å². The molecular weight excluding hydrogens is 340 g/mol. The molecule has 0 saturated carbocycles. The van der Waals surface area contributed by atoms with E-state index in [1.165, 1.54) is 22.3 Å². The molecule has 0 unspecified atom stereocenters. The topological polar surface area (TPSA) is 17.8 Å². The van der Waals surface area contributed by atoms with E-state index in [2.05, 4.69) is 107 Å². The predicted octanol–water partition coefficient (Wildman–Crippen LogP) is 6.10. The fourth-order valence-electron chi connectivity index (χ4n) is 3.42. The fourth-order valence-corrected chi connectivity index (χ4v) is 3.42. The normalized spacial score (nSPS) is 11.5. The van der Waals surface area contributed by atoms with Crippen LogP contribution in [0.4, 0.5) is 0 Å². The van der Waals surface area contributed by atoms with Crippen LogP contribution in [-0.2, 0) is 13.0 Å². The molecule has 0 aliphatic rings. The molecule has 138 valence electrons. The van der Waals surface area contributed by atoms with Crippen LogP contribution in [0.25, 0.3) is 11.6 Å². The van der Waals surface area contributed by atoms with Crippen LogP contribution in [-0.4, -0.2) is 9.55 Å². The Balaban J connectivity index is 1.61. The lowest BCUT2D eigenvalue weighted by atomic mass is 9.97. The molecule has 0 fully saturated rings. The van der Waals surface area contributed by atoms with Crippen LogP contribution in [0.5, 0.6) is 0 Å². The Morgan fingerprint density at radius 3 is 2.04 bits per heavy atom. The standard InChI is InChI=1S/C26H24N2/c1-4-10-22(11-5-1)16-17-25(24-14-8-3-9-15-24)18-26-19-27-21-28(26)20-23-12-6-2-7-13-23/h1-15,18-19,21H,16-17,20H2/b25-18-. The summed E-state index contributed by atoms with van der Waals surface area (Å²) in [5.74, 6) is 0. The van der Waals surface area contributed by atoms with E-state index in [1.807, 2.05) is 12.5 Å². The monoisotopic (exact) mass is 364 g/mol. The highest BCUT2D eigenvalue weighted by atomic mass is 15.0. The number of nitrogens with zero attached hydrogens (tertiary/aromatic N) is 2. The quantitative estimate of drug-likeness (QED) is 0.387. The number of allylic oxidation sites excluding steroid dienone is 1. The van der Waals surface area contributed by atoms with Gasteiger partial charge >= 0.3 is 0 Å². The SMILES string of the molecule is C(=C(\CCc1ccccc1)c1ccccc1)/c1cncn1Cc1ccccc1.